The Balaban J connectivity index is 0.000000194. The quantitative estimate of drug-likeness (QED) is 0.679. The molecule has 2 nitrogen and oxygen atoms in total. The van der Waals surface area contributed by atoms with Gasteiger partial charge < -0.3 is 10.1 Å². The maximum absolute atomic E-state index is 6.00. The van der Waals surface area contributed by atoms with Gasteiger partial charge in [0.05, 0.1) is 6.10 Å². The van der Waals surface area contributed by atoms with E-state index in [1.54, 1.807) is 0 Å². The monoisotopic (exact) mass is 289 g/mol. The van der Waals surface area contributed by atoms with Crippen LogP contribution in [0, 0.1) is 5.92 Å². The second-order valence-corrected chi connectivity index (χ2v) is 6.28. The van der Waals surface area contributed by atoms with Crippen LogP contribution < -0.4 is 5.32 Å². The molecule has 0 bridgehead atoms. The number of allylic oxidation sites excluding steroid dienone is 4. The minimum atomic E-state index is 0.621. The highest BCUT2D eigenvalue weighted by Crippen LogP contribution is 2.30. The Kier molecular flexibility index (Phi) is 8.31. The van der Waals surface area contributed by atoms with Gasteiger partial charge in [0.1, 0.15) is 0 Å². The predicted octanol–water partition coefficient (Wildman–Crippen LogP) is 5.09. The summed E-state index contributed by atoms with van der Waals surface area (Å²) < 4.78 is 6.00. The summed E-state index contributed by atoms with van der Waals surface area (Å²) in [5, 5.41) is 2.92. The molecule has 2 aliphatic heterocycles. The van der Waals surface area contributed by atoms with Crippen molar-refractivity contribution in [3.8, 4) is 0 Å². The highest BCUT2D eigenvalue weighted by Gasteiger charge is 2.24. The molecule has 3 aliphatic rings. The molecule has 21 heavy (non-hydrogen) atoms. The molecule has 1 unspecified atom stereocenters. The summed E-state index contributed by atoms with van der Waals surface area (Å²) >= 11 is 0. The van der Waals surface area contributed by atoms with E-state index in [2.05, 4.69) is 5.32 Å². The Bertz CT molecular complexity index is 297. The molecular formula is C19H31NO. The van der Waals surface area contributed by atoms with Crippen LogP contribution in [0.15, 0.2) is 36.7 Å². The van der Waals surface area contributed by atoms with Crippen molar-refractivity contribution in [2.45, 2.75) is 70.3 Å². The Morgan fingerprint density at radius 3 is 2.00 bits per heavy atom. The van der Waals surface area contributed by atoms with Crippen LogP contribution in [0.2, 0.25) is 0 Å². The van der Waals surface area contributed by atoms with Crippen molar-refractivity contribution in [2.24, 2.45) is 5.92 Å². The molecule has 3 rings (SSSR count). The molecular weight excluding hydrogens is 258 g/mol. The molecule has 0 radical (unpaired) electrons. The lowest BCUT2D eigenvalue weighted by molar-refractivity contribution is 0.0116. The summed E-state index contributed by atoms with van der Waals surface area (Å²) in [6.07, 6.45) is 26.3. The molecule has 0 aromatic rings. The number of hydrogen-bond acceptors (Lipinski definition) is 2. The third kappa shape index (κ3) is 6.99. The van der Waals surface area contributed by atoms with E-state index >= 15 is 0 Å². The van der Waals surface area contributed by atoms with E-state index in [-0.39, 0.29) is 0 Å². The van der Waals surface area contributed by atoms with E-state index in [4.69, 9.17) is 4.74 Å². The fourth-order valence-corrected chi connectivity index (χ4v) is 3.40. The van der Waals surface area contributed by atoms with Gasteiger partial charge in [-0.05, 0) is 43.8 Å². The molecule has 2 fully saturated rings. The zero-order valence-corrected chi connectivity index (χ0v) is 13.3. The average molecular weight is 289 g/mol. The van der Waals surface area contributed by atoms with Gasteiger partial charge in [0.2, 0.25) is 0 Å². The second kappa shape index (κ2) is 10.7. The van der Waals surface area contributed by atoms with Crippen LogP contribution in [0.1, 0.15) is 64.2 Å². The van der Waals surface area contributed by atoms with Gasteiger partial charge in [-0.3, -0.25) is 0 Å². The van der Waals surface area contributed by atoms with Gasteiger partial charge in [0.15, 0.2) is 0 Å². The van der Waals surface area contributed by atoms with Crippen molar-refractivity contribution in [1.29, 1.82) is 0 Å². The summed E-state index contributed by atoms with van der Waals surface area (Å²) in [6.45, 7) is 1.03. The van der Waals surface area contributed by atoms with Gasteiger partial charge in [-0.15, -0.1) is 0 Å². The van der Waals surface area contributed by atoms with Gasteiger partial charge >= 0.3 is 0 Å². The molecule has 2 heterocycles. The van der Waals surface area contributed by atoms with E-state index in [1.807, 2.05) is 36.7 Å². The number of ether oxygens (including phenoxy) is 1. The van der Waals surface area contributed by atoms with Crippen molar-refractivity contribution in [3.05, 3.63) is 36.7 Å². The smallest absolute Gasteiger partial charge is 0.0603 e. The summed E-state index contributed by atoms with van der Waals surface area (Å²) in [4.78, 5) is 0. The first-order valence-corrected chi connectivity index (χ1v) is 8.83. The van der Waals surface area contributed by atoms with Crippen LogP contribution in [0.4, 0.5) is 0 Å². The van der Waals surface area contributed by atoms with E-state index in [0.717, 1.165) is 12.5 Å². The van der Waals surface area contributed by atoms with Gasteiger partial charge in [0, 0.05) is 19.0 Å². The standard InChI is InChI=1S/C13H24O.C6H7N/c1-2-5-9-12(8-4-1)13-10-6-3-7-11-14-13;1-2-4-6-7-5-3-1/h12-13H,1-11H2;1-7H. The number of nitrogens with one attached hydrogen (secondary N) is 1. The fraction of sp³-hybridized carbons (Fsp3) is 0.684. The highest BCUT2D eigenvalue weighted by atomic mass is 16.5. The van der Waals surface area contributed by atoms with Crippen LogP contribution in [0.25, 0.3) is 0 Å². The van der Waals surface area contributed by atoms with E-state index in [9.17, 15) is 0 Å². The molecule has 1 atom stereocenters. The average Bonchev–Trinajstić information content (AvgIpc) is 3.05. The Labute approximate surface area is 130 Å². The minimum Gasteiger partial charge on any atom is -0.378 e. The summed E-state index contributed by atoms with van der Waals surface area (Å²) in [5.74, 6) is 0.899. The maximum Gasteiger partial charge on any atom is 0.0603 e. The third-order valence-electron chi connectivity index (χ3n) is 4.61. The van der Waals surface area contributed by atoms with Crippen molar-refractivity contribution >= 4 is 0 Å². The third-order valence-corrected chi connectivity index (χ3v) is 4.61. The fourth-order valence-electron chi connectivity index (χ4n) is 3.40. The Morgan fingerprint density at radius 1 is 0.667 bits per heavy atom. The summed E-state index contributed by atoms with van der Waals surface area (Å²) in [7, 11) is 0. The minimum absolute atomic E-state index is 0.621. The van der Waals surface area contributed by atoms with Crippen LogP contribution in [0.3, 0.4) is 0 Å². The molecule has 0 aromatic carbocycles. The molecule has 0 spiro atoms. The van der Waals surface area contributed by atoms with Crippen LogP contribution in [-0.4, -0.2) is 12.7 Å². The van der Waals surface area contributed by atoms with E-state index < -0.39 is 0 Å². The first-order chi connectivity index (χ1) is 10.5. The van der Waals surface area contributed by atoms with Gasteiger partial charge in [-0.1, -0.05) is 50.7 Å². The van der Waals surface area contributed by atoms with Crippen molar-refractivity contribution in [2.75, 3.05) is 6.61 Å². The molecule has 118 valence electrons. The zero-order chi connectivity index (χ0) is 14.6. The molecule has 1 saturated heterocycles. The maximum atomic E-state index is 6.00. The normalized spacial score (nSPS) is 26.8. The van der Waals surface area contributed by atoms with Crippen molar-refractivity contribution in [3.63, 3.8) is 0 Å². The molecule has 0 amide bonds. The lowest BCUT2D eigenvalue weighted by Crippen LogP contribution is -2.23. The Morgan fingerprint density at radius 2 is 1.29 bits per heavy atom. The van der Waals surface area contributed by atoms with E-state index in [0.29, 0.717) is 6.10 Å². The molecule has 1 saturated carbocycles. The highest BCUT2D eigenvalue weighted by molar-refractivity contribution is 5.14. The van der Waals surface area contributed by atoms with Gasteiger partial charge in [-0.25, -0.2) is 0 Å². The lowest BCUT2D eigenvalue weighted by atomic mass is 9.91. The van der Waals surface area contributed by atoms with Crippen LogP contribution >= 0.6 is 0 Å². The number of rotatable bonds is 1. The second-order valence-electron chi connectivity index (χ2n) is 6.28. The molecule has 1 N–H and O–H groups in total. The predicted molar refractivity (Wildman–Crippen MR) is 90.0 cm³/mol. The van der Waals surface area contributed by atoms with Gasteiger partial charge in [0.25, 0.3) is 0 Å². The lowest BCUT2D eigenvalue weighted by Gasteiger charge is -2.24. The number of hydrogen-bond donors (Lipinski definition) is 1. The van der Waals surface area contributed by atoms with Crippen LogP contribution in [0.5, 0.6) is 0 Å². The Hall–Kier alpha value is -1.02. The summed E-state index contributed by atoms with van der Waals surface area (Å²) in [6, 6.07) is 0. The van der Waals surface area contributed by atoms with Gasteiger partial charge in [-0.2, -0.15) is 0 Å². The van der Waals surface area contributed by atoms with Crippen molar-refractivity contribution in [1.82, 2.24) is 5.32 Å². The summed E-state index contributed by atoms with van der Waals surface area (Å²) in [5.41, 5.74) is 0. The zero-order valence-electron chi connectivity index (χ0n) is 13.3. The first-order valence-electron chi connectivity index (χ1n) is 8.83. The van der Waals surface area contributed by atoms with Crippen molar-refractivity contribution < 1.29 is 4.74 Å². The topological polar surface area (TPSA) is 21.3 Å². The largest absolute Gasteiger partial charge is 0.378 e. The molecule has 1 aliphatic carbocycles. The van der Waals surface area contributed by atoms with E-state index in [1.165, 1.54) is 64.2 Å². The van der Waals surface area contributed by atoms with Crippen LogP contribution in [-0.2, 0) is 4.74 Å². The SMILES string of the molecule is C1=CC=CNC=C1.C1CCCC(C2CCCCCO2)CC1. The molecule has 0 aromatic heterocycles. The molecule has 2 heteroatoms. The first kappa shape index (κ1) is 16.4.